The third-order valence-electron chi connectivity index (χ3n) is 3.27. The molecule has 1 atom stereocenters. The summed E-state index contributed by atoms with van der Waals surface area (Å²) in [5.41, 5.74) is 2.99. The van der Waals surface area contributed by atoms with Crippen LogP contribution in [0.3, 0.4) is 0 Å². The van der Waals surface area contributed by atoms with Gasteiger partial charge in [0.1, 0.15) is 5.75 Å². The van der Waals surface area contributed by atoms with E-state index in [1.165, 1.54) is 0 Å². The number of anilines is 1. The third-order valence-corrected chi connectivity index (χ3v) is 3.96. The van der Waals surface area contributed by atoms with Crippen LogP contribution in [-0.2, 0) is 4.79 Å². The number of aryl methyl sites for hydroxylation is 2. The number of carbonyl (C=O) groups is 1. The fraction of sp³-hybridized carbons (Fsp3) is 0.278. The molecule has 1 N–H and O–H groups in total. The fourth-order valence-corrected chi connectivity index (χ4v) is 2.65. The summed E-state index contributed by atoms with van der Waals surface area (Å²) in [6.45, 7) is 5.97. The van der Waals surface area contributed by atoms with Crippen molar-refractivity contribution in [1.82, 2.24) is 0 Å². The summed E-state index contributed by atoms with van der Waals surface area (Å²) in [6.07, 6.45) is 0.0804. The molecule has 4 heteroatoms. The topological polar surface area (TPSA) is 38.3 Å². The highest BCUT2D eigenvalue weighted by molar-refractivity contribution is 9.10. The van der Waals surface area contributed by atoms with E-state index in [4.69, 9.17) is 4.74 Å². The molecule has 0 aliphatic rings. The highest BCUT2D eigenvalue weighted by Crippen LogP contribution is 2.23. The van der Waals surface area contributed by atoms with Gasteiger partial charge in [0.05, 0.1) is 5.69 Å². The number of rotatable bonds is 5. The zero-order valence-electron chi connectivity index (χ0n) is 13.0. The Kier molecular flexibility index (Phi) is 5.61. The van der Waals surface area contributed by atoms with Crippen molar-refractivity contribution in [1.29, 1.82) is 0 Å². The molecule has 116 valence electrons. The first-order valence-electron chi connectivity index (χ1n) is 7.30. The van der Waals surface area contributed by atoms with E-state index in [2.05, 4.69) is 27.3 Å². The van der Waals surface area contributed by atoms with Crippen LogP contribution in [0.2, 0.25) is 0 Å². The zero-order valence-corrected chi connectivity index (χ0v) is 14.6. The molecule has 2 aromatic rings. The number of carbonyl (C=O) groups excluding carboxylic acids is 1. The smallest absolute Gasteiger partial charge is 0.265 e. The Morgan fingerprint density at radius 2 is 1.82 bits per heavy atom. The second-order valence-electron chi connectivity index (χ2n) is 5.31. The first kappa shape index (κ1) is 16.6. The van der Waals surface area contributed by atoms with Crippen LogP contribution in [0.5, 0.6) is 5.75 Å². The van der Waals surface area contributed by atoms with Crippen molar-refractivity contribution in [3.63, 3.8) is 0 Å². The number of amides is 1. The molecular weight excluding hydrogens is 342 g/mol. The van der Waals surface area contributed by atoms with Gasteiger partial charge in [0.15, 0.2) is 6.10 Å². The summed E-state index contributed by atoms with van der Waals surface area (Å²) in [4.78, 5) is 12.4. The van der Waals surface area contributed by atoms with Gasteiger partial charge in [-0.1, -0.05) is 25.1 Å². The van der Waals surface area contributed by atoms with Crippen LogP contribution in [-0.4, -0.2) is 12.0 Å². The Morgan fingerprint density at radius 1 is 1.18 bits per heavy atom. The number of nitrogens with one attached hydrogen (secondary N) is 1. The van der Waals surface area contributed by atoms with Crippen LogP contribution in [0.4, 0.5) is 5.69 Å². The minimum atomic E-state index is -0.520. The number of benzene rings is 2. The number of ether oxygens (including phenoxy) is 1. The average Bonchev–Trinajstić information content (AvgIpc) is 2.46. The second-order valence-corrected chi connectivity index (χ2v) is 6.16. The molecule has 0 aliphatic heterocycles. The van der Waals surface area contributed by atoms with E-state index < -0.39 is 6.10 Å². The standard InChI is InChI=1S/C18H20BrNO2/c1-4-17(22-14-10-12(2)9-13(3)11-14)18(21)20-16-8-6-5-7-15(16)19/h5-11,17H,4H2,1-3H3,(H,20,21)/t17-/m1/s1. The molecule has 0 aromatic heterocycles. The lowest BCUT2D eigenvalue weighted by atomic mass is 10.1. The summed E-state index contributed by atoms with van der Waals surface area (Å²) in [6, 6.07) is 13.5. The van der Waals surface area contributed by atoms with E-state index in [0.29, 0.717) is 6.42 Å². The molecule has 1 amide bonds. The van der Waals surface area contributed by atoms with Gasteiger partial charge in [-0.25, -0.2) is 0 Å². The maximum atomic E-state index is 12.4. The van der Waals surface area contributed by atoms with E-state index >= 15 is 0 Å². The van der Waals surface area contributed by atoms with Crippen molar-refractivity contribution in [3.05, 3.63) is 58.1 Å². The molecule has 2 aromatic carbocycles. The van der Waals surface area contributed by atoms with Crippen LogP contribution < -0.4 is 10.1 Å². The molecule has 0 spiro atoms. The molecule has 0 saturated heterocycles. The summed E-state index contributed by atoms with van der Waals surface area (Å²) in [5, 5.41) is 2.90. The van der Waals surface area contributed by atoms with Gasteiger partial charge in [0.2, 0.25) is 0 Å². The Balaban J connectivity index is 2.10. The molecular formula is C18H20BrNO2. The number of halogens is 1. The Labute approximate surface area is 139 Å². The van der Waals surface area contributed by atoms with Crippen LogP contribution >= 0.6 is 15.9 Å². The minimum Gasteiger partial charge on any atom is -0.481 e. The number of para-hydroxylation sites is 1. The number of hydrogen-bond acceptors (Lipinski definition) is 2. The normalized spacial score (nSPS) is 11.8. The predicted molar refractivity (Wildman–Crippen MR) is 93.4 cm³/mol. The lowest BCUT2D eigenvalue weighted by molar-refractivity contribution is -0.122. The molecule has 0 bridgehead atoms. The molecule has 0 radical (unpaired) electrons. The minimum absolute atomic E-state index is 0.145. The third kappa shape index (κ3) is 4.34. The Morgan fingerprint density at radius 3 is 2.41 bits per heavy atom. The maximum absolute atomic E-state index is 12.4. The van der Waals surface area contributed by atoms with E-state index in [1.54, 1.807) is 0 Å². The van der Waals surface area contributed by atoms with Gasteiger partial charge in [-0.2, -0.15) is 0 Å². The van der Waals surface area contributed by atoms with E-state index in [9.17, 15) is 4.79 Å². The van der Waals surface area contributed by atoms with Gasteiger partial charge in [0, 0.05) is 4.47 Å². The number of hydrogen-bond donors (Lipinski definition) is 1. The monoisotopic (exact) mass is 361 g/mol. The van der Waals surface area contributed by atoms with Crippen LogP contribution in [0.15, 0.2) is 46.9 Å². The van der Waals surface area contributed by atoms with Crippen molar-refractivity contribution < 1.29 is 9.53 Å². The van der Waals surface area contributed by atoms with Crippen molar-refractivity contribution >= 4 is 27.5 Å². The first-order chi connectivity index (χ1) is 10.5. The summed E-state index contributed by atoms with van der Waals surface area (Å²) < 4.78 is 6.72. The Bertz CT molecular complexity index is 650. The van der Waals surface area contributed by atoms with Crippen molar-refractivity contribution in [2.45, 2.75) is 33.3 Å². The Hall–Kier alpha value is -1.81. The van der Waals surface area contributed by atoms with Gasteiger partial charge < -0.3 is 10.1 Å². The van der Waals surface area contributed by atoms with Gasteiger partial charge in [-0.05, 0) is 71.6 Å². The maximum Gasteiger partial charge on any atom is 0.265 e. The second kappa shape index (κ2) is 7.45. The van der Waals surface area contributed by atoms with E-state index in [0.717, 1.165) is 27.0 Å². The highest BCUT2D eigenvalue weighted by atomic mass is 79.9. The van der Waals surface area contributed by atoms with Crippen molar-refractivity contribution in [2.75, 3.05) is 5.32 Å². The SMILES string of the molecule is CC[C@@H](Oc1cc(C)cc(C)c1)C(=O)Nc1ccccc1Br. The van der Waals surface area contributed by atoms with Gasteiger partial charge in [0.25, 0.3) is 5.91 Å². The van der Waals surface area contributed by atoms with Crippen molar-refractivity contribution in [3.8, 4) is 5.75 Å². The van der Waals surface area contributed by atoms with E-state index in [1.807, 2.05) is 57.2 Å². The molecule has 3 nitrogen and oxygen atoms in total. The van der Waals surface area contributed by atoms with Crippen LogP contribution in [0.25, 0.3) is 0 Å². The van der Waals surface area contributed by atoms with Crippen LogP contribution in [0.1, 0.15) is 24.5 Å². The molecule has 22 heavy (non-hydrogen) atoms. The average molecular weight is 362 g/mol. The lowest BCUT2D eigenvalue weighted by Gasteiger charge is -2.18. The molecule has 2 rings (SSSR count). The largest absolute Gasteiger partial charge is 0.481 e. The molecule has 0 heterocycles. The highest BCUT2D eigenvalue weighted by Gasteiger charge is 2.19. The van der Waals surface area contributed by atoms with Crippen LogP contribution in [0, 0.1) is 13.8 Å². The van der Waals surface area contributed by atoms with Gasteiger partial charge in [-0.15, -0.1) is 0 Å². The first-order valence-corrected chi connectivity index (χ1v) is 8.09. The van der Waals surface area contributed by atoms with Gasteiger partial charge in [-0.3, -0.25) is 4.79 Å². The molecule has 0 fully saturated rings. The van der Waals surface area contributed by atoms with Crippen molar-refractivity contribution in [2.24, 2.45) is 0 Å². The predicted octanol–water partition coefficient (Wildman–Crippen LogP) is 4.86. The molecule has 0 saturated carbocycles. The quantitative estimate of drug-likeness (QED) is 0.825. The zero-order chi connectivity index (χ0) is 16.1. The summed E-state index contributed by atoms with van der Waals surface area (Å²) >= 11 is 3.43. The van der Waals surface area contributed by atoms with Gasteiger partial charge >= 0.3 is 0 Å². The summed E-state index contributed by atoms with van der Waals surface area (Å²) in [5.74, 6) is 0.584. The summed E-state index contributed by atoms with van der Waals surface area (Å²) in [7, 11) is 0. The molecule has 0 unspecified atom stereocenters. The fourth-order valence-electron chi connectivity index (χ4n) is 2.26. The lowest BCUT2D eigenvalue weighted by Crippen LogP contribution is -2.32. The van der Waals surface area contributed by atoms with E-state index in [-0.39, 0.29) is 5.91 Å². The molecule has 0 aliphatic carbocycles.